The first-order chi connectivity index (χ1) is 11.2. The third-order valence-corrected chi connectivity index (χ3v) is 4.95. The molecule has 0 radical (unpaired) electrons. The molecule has 1 aromatic heterocycles. The third kappa shape index (κ3) is 2.49. The molecule has 0 fully saturated rings. The Hall–Kier alpha value is -2.33. The number of nitrogens with one attached hydrogen (secondary N) is 1. The first kappa shape index (κ1) is 14.3. The van der Waals surface area contributed by atoms with Crippen molar-refractivity contribution in [3.63, 3.8) is 0 Å². The van der Waals surface area contributed by atoms with Gasteiger partial charge < -0.3 is 10.0 Å². The van der Waals surface area contributed by atoms with Crippen LogP contribution in [0.25, 0.3) is 10.9 Å². The van der Waals surface area contributed by atoms with Gasteiger partial charge in [-0.05, 0) is 48.6 Å². The molecule has 0 spiro atoms. The summed E-state index contributed by atoms with van der Waals surface area (Å²) in [5, 5.41) is 18.8. The van der Waals surface area contributed by atoms with Gasteiger partial charge in [-0.3, -0.25) is 5.10 Å². The molecule has 4 heteroatoms. The van der Waals surface area contributed by atoms with Gasteiger partial charge in [-0.25, -0.2) is 0 Å². The minimum Gasteiger partial charge on any atom is -0.388 e. The number of nitrogens with zero attached hydrogens (tertiary/aromatic N) is 2. The molecule has 2 aromatic carbocycles. The van der Waals surface area contributed by atoms with E-state index in [0.717, 1.165) is 48.0 Å². The van der Waals surface area contributed by atoms with Gasteiger partial charge in [0, 0.05) is 24.2 Å². The van der Waals surface area contributed by atoms with E-state index in [4.69, 9.17) is 0 Å². The van der Waals surface area contributed by atoms with E-state index in [2.05, 4.69) is 46.3 Å². The van der Waals surface area contributed by atoms with Crippen LogP contribution in [0.2, 0.25) is 0 Å². The van der Waals surface area contributed by atoms with Crippen molar-refractivity contribution < 1.29 is 5.11 Å². The summed E-state index contributed by atoms with van der Waals surface area (Å²) in [6, 6.07) is 12.6. The molecule has 0 saturated carbocycles. The molecule has 118 valence electrons. The van der Waals surface area contributed by atoms with Crippen molar-refractivity contribution in [2.45, 2.75) is 25.9 Å². The van der Waals surface area contributed by atoms with Crippen LogP contribution in [0, 0.1) is 6.92 Å². The number of aliphatic hydroxyl groups excluding tert-OH is 1. The highest BCUT2D eigenvalue weighted by molar-refractivity contribution is 5.82. The van der Waals surface area contributed by atoms with Crippen molar-refractivity contribution in [2.75, 3.05) is 18.0 Å². The number of aliphatic hydroxyl groups is 1. The molecule has 0 amide bonds. The fourth-order valence-electron chi connectivity index (χ4n) is 3.61. The van der Waals surface area contributed by atoms with Crippen LogP contribution < -0.4 is 4.90 Å². The molecule has 2 heterocycles. The second-order valence-corrected chi connectivity index (χ2v) is 6.28. The van der Waals surface area contributed by atoms with Gasteiger partial charge in [0.05, 0.1) is 17.8 Å². The van der Waals surface area contributed by atoms with Crippen LogP contribution in [-0.2, 0) is 6.42 Å². The summed E-state index contributed by atoms with van der Waals surface area (Å²) in [7, 11) is 0. The van der Waals surface area contributed by atoms with Crippen molar-refractivity contribution in [1.29, 1.82) is 0 Å². The number of para-hydroxylation sites is 1. The number of anilines is 1. The molecule has 1 aliphatic heterocycles. The van der Waals surface area contributed by atoms with E-state index >= 15 is 0 Å². The van der Waals surface area contributed by atoms with Gasteiger partial charge in [0.25, 0.3) is 0 Å². The molecule has 1 unspecified atom stereocenters. The number of H-pyrrole nitrogens is 1. The fourth-order valence-corrected chi connectivity index (χ4v) is 3.61. The van der Waals surface area contributed by atoms with Crippen LogP contribution in [0.15, 0.2) is 42.6 Å². The van der Waals surface area contributed by atoms with Gasteiger partial charge in [-0.1, -0.05) is 24.3 Å². The molecule has 4 nitrogen and oxygen atoms in total. The molecule has 1 atom stereocenters. The molecule has 0 saturated heterocycles. The Labute approximate surface area is 135 Å². The van der Waals surface area contributed by atoms with E-state index in [9.17, 15) is 5.11 Å². The molecule has 2 N–H and O–H groups in total. The van der Waals surface area contributed by atoms with E-state index in [0.29, 0.717) is 0 Å². The summed E-state index contributed by atoms with van der Waals surface area (Å²) in [5.41, 5.74) is 5.88. The van der Waals surface area contributed by atoms with Gasteiger partial charge in [-0.2, -0.15) is 5.10 Å². The van der Waals surface area contributed by atoms with Crippen LogP contribution >= 0.6 is 0 Å². The Morgan fingerprint density at radius 1 is 1.26 bits per heavy atom. The molecule has 3 aromatic rings. The smallest absolute Gasteiger partial charge is 0.0809 e. The van der Waals surface area contributed by atoms with E-state index in [1.807, 2.05) is 18.3 Å². The first-order valence-electron chi connectivity index (χ1n) is 8.17. The van der Waals surface area contributed by atoms with E-state index in [1.165, 1.54) is 11.3 Å². The third-order valence-electron chi connectivity index (χ3n) is 4.95. The SMILES string of the molecule is Cc1c(C(O)CCN2CCc3ccccc32)ccc2[nH]ncc12. The van der Waals surface area contributed by atoms with Crippen LogP contribution in [0.4, 0.5) is 5.69 Å². The molecule has 1 aliphatic rings. The van der Waals surface area contributed by atoms with Crippen molar-refractivity contribution in [1.82, 2.24) is 10.2 Å². The maximum absolute atomic E-state index is 10.6. The number of aromatic amines is 1. The monoisotopic (exact) mass is 307 g/mol. The Morgan fingerprint density at radius 2 is 2.13 bits per heavy atom. The van der Waals surface area contributed by atoms with Crippen LogP contribution in [0.5, 0.6) is 0 Å². The summed E-state index contributed by atoms with van der Waals surface area (Å²) >= 11 is 0. The zero-order chi connectivity index (χ0) is 15.8. The Kier molecular flexibility index (Phi) is 3.54. The van der Waals surface area contributed by atoms with Crippen LogP contribution in [0.1, 0.15) is 29.2 Å². The minimum absolute atomic E-state index is 0.443. The normalized spacial score (nSPS) is 15.1. The second kappa shape index (κ2) is 5.70. The summed E-state index contributed by atoms with van der Waals surface area (Å²) in [6.45, 7) is 3.98. The zero-order valence-corrected chi connectivity index (χ0v) is 13.3. The highest BCUT2D eigenvalue weighted by Crippen LogP contribution is 2.30. The van der Waals surface area contributed by atoms with Gasteiger partial charge in [0.15, 0.2) is 0 Å². The van der Waals surface area contributed by atoms with E-state index in [1.54, 1.807) is 0 Å². The lowest BCUT2D eigenvalue weighted by atomic mass is 9.98. The predicted molar refractivity (Wildman–Crippen MR) is 92.8 cm³/mol. The molecule has 23 heavy (non-hydrogen) atoms. The van der Waals surface area contributed by atoms with Crippen molar-refractivity contribution in [3.05, 3.63) is 59.3 Å². The fraction of sp³-hybridized carbons (Fsp3) is 0.316. The summed E-state index contributed by atoms with van der Waals surface area (Å²) in [5.74, 6) is 0. The van der Waals surface area contributed by atoms with Crippen molar-refractivity contribution >= 4 is 16.6 Å². The highest BCUT2D eigenvalue weighted by atomic mass is 16.3. The number of benzene rings is 2. The van der Waals surface area contributed by atoms with Crippen LogP contribution in [0.3, 0.4) is 0 Å². The minimum atomic E-state index is -0.443. The van der Waals surface area contributed by atoms with Crippen LogP contribution in [-0.4, -0.2) is 28.4 Å². The number of fused-ring (bicyclic) bond motifs is 2. The Morgan fingerprint density at radius 3 is 3.04 bits per heavy atom. The van der Waals surface area contributed by atoms with Crippen molar-refractivity contribution in [2.24, 2.45) is 0 Å². The van der Waals surface area contributed by atoms with E-state index in [-0.39, 0.29) is 0 Å². The average Bonchev–Trinajstić information content (AvgIpc) is 3.20. The number of aromatic nitrogens is 2. The Balaban J connectivity index is 1.50. The summed E-state index contributed by atoms with van der Waals surface area (Å²) in [4.78, 5) is 2.38. The molecule has 0 bridgehead atoms. The number of hydrogen-bond acceptors (Lipinski definition) is 3. The largest absolute Gasteiger partial charge is 0.388 e. The maximum Gasteiger partial charge on any atom is 0.0809 e. The van der Waals surface area contributed by atoms with Gasteiger partial charge in [0.2, 0.25) is 0 Å². The summed E-state index contributed by atoms with van der Waals surface area (Å²) < 4.78 is 0. The lowest BCUT2D eigenvalue weighted by Gasteiger charge is -2.22. The molecule has 4 rings (SSSR count). The first-order valence-corrected chi connectivity index (χ1v) is 8.17. The van der Waals surface area contributed by atoms with Gasteiger partial charge in [0.1, 0.15) is 0 Å². The predicted octanol–water partition coefficient (Wildman–Crippen LogP) is 3.36. The number of hydrogen-bond donors (Lipinski definition) is 2. The van der Waals surface area contributed by atoms with Crippen molar-refractivity contribution in [3.8, 4) is 0 Å². The van der Waals surface area contributed by atoms with Gasteiger partial charge >= 0.3 is 0 Å². The standard InChI is InChI=1S/C19H21N3O/c1-13-15(6-7-17-16(13)12-20-21-17)19(23)9-11-22-10-8-14-4-2-3-5-18(14)22/h2-7,12,19,23H,8-11H2,1H3,(H,20,21). The quantitative estimate of drug-likeness (QED) is 0.777. The molecular weight excluding hydrogens is 286 g/mol. The van der Waals surface area contributed by atoms with E-state index < -0.39 is 6.10 Å². The van der Waals surface area contributed by atoms with Gasteiger partial charge in [-0.15, -0.1) is 0 Å². The zero-order valence-electron chi connectivity index (χ0n) is 13.3. The lowest BCUT2D eigenvalue weighted by molar-refractivity contribution is 0.169. The second-order valence-electron chi connectivity index (χ2n) is 6.28. The molecular formula is C19H21N3O. The topological polar surface area (TPSA) is 52.1 Å². The number of aryl methyl sites for hydroxylation is 1. The highest BCUT2D eigenvalue weighted by Gasteiger charge is 2.20. The molecule has 0 aliphatic carbocycles. The average molecular weight is 307 g/mol. The lowest BCUT2D eigenvalue weighted by Crippen LogP contribution is -2.23. The summed E-state index contributed by atoms with van der Waals surface area (Å²) in [6.07, 6.45) is 3.23. The maximum atomic E-state index is 10.6. The number of rotatable bonds is 4. The Bertz CT molecular complexity index is 840.